The zero-order chi connectivity index (χ0) is 18.2. The standard InChI is InChI=1S/C26H14S2/c1-3-7-17-11-23-19(9-15(17)5-1)21-13-26-22(14-25(21)27-23)20-10-16-6-2-4-8-18(16)12-24(20)28-26/h1-14H. The van der Waals surface area contributed by atoms with Crippen LogP contribution in [0.4, 0.5) is 0 Å². The Bertz CT molecular complexity index is 1580. The average molecular weight is 391 g/mol. The predicted octanol–water partition coefficient (Wildman–Crippen LogP) is 8.73. The van der Waals surface area contributed by atoms with Crippen LogP contribution in [0.3, 0.4) is 0 Å². The first-order valence-corrected chi connectivity index (χ1v) is 11.1. The number of hydrogen-bond donors (Lipinski definition) is 0. The van der Waals surface area contributed by atoms with Crippen molar-refractivity contribution < 1.29 is 0 Å². The fourth-order valence-corrected chi connectivity index (χ4v) is 6.73. The van der Waals surface area contributed by atoms with E-state index in [0.717, 1.165) is 0 Å². The first-order valence-electron chi connectivity index (χ1n) is 9.44. The summed E-state index contributed by atoms with van der Waals surface area (Å²) >= 11 is 3.82. The van der Waals surface area contributed by atoms with Gasteiger partial charge in [-0.1, -0.05) is 48.5 Å². The van der Waals surface area contributed by atoms with Gasteiger partial charge < -0.3 is 0 Å². The molecule has 0 radical (unpaired) electrons. The topological polar surface area (TPSA) is 0 Å². The first-order chi connectivity index (χ1) is 13.8. The van der Waals surface area contributed by atoms with Crippen LogP contribution in [-0.2, 0) is 0 Å². The van der Waals surface area contributed by atoms with Gasteiger partial charge in [0.15, 0.2) is 0 Å². The molecule has 5 aromatic carbocycles. The second-order valence-corrected chi connectivity index (χ2v) is 9.61. The Balaban J connectivity index is 1.62. The zero-order valence-electron chi connectivity index (χ0n) is 14.9. The van der Waals surface area contributed by atoms with Crippen molar-refractivity contribution in [2.24, 2.45) is 0 Å². The van der Waals surface area contributed by atoms with Crippen LogP contribution in [0.15, 0.2) is 84.9 Å². The van der Waals surface area contributed by atoms with E-state index in [0.29, 0.717) is 0 Å². The molecule has 0 aliphatic rings. The van der Waals surface area contributed by atoms with E-state index in [2.05, 4.69) is 84.9 Å². The number of thiophene rings is 2. The summed E-state index contributed by atoms with van der Waals surface area (Å²) in [7, 11) is 0. The third-order valence-electron chi connectivity index (χ3n) is 5.80. The van der Waals surface area contributed by atoms with Crippen LogP contribution in [-0.4, -0.2) is 0 Å². The van der Waals surface area contributed by atoms with E-state index < -0.39 is 0 Å². The molecule has 2 heteroatoms. The van der Waals surface area contributed by atoms with Crippen molar-refractivity contribution in [3.8, 4) is 0 Å². The fourth-order valence-electron chi connectivity index (χ4n) is 4.42. The quantitative estimate of drug-likeness (QED) is 0.243. The maximum absolute atomic E-state index is 2.41. The monoisotopic (exact) mass is 390 g/mol. The third kappa shape index (κ3) is 1.99. The highest BCUT2D eigenvalue weighted by Gasteiger charge is 2.12. The molecule has 28 heavy (non-hydrogen) atoms. The van der Waals surface area contributed by atoms with Gasteiger partial charge in [-0.05, 0) is 57.9 Å². The van der Waals surface area contributed by atoms with E-state index in [1.165, 1.54) is 61.9 Å². The normalized spacial score (nSPS) is 12.3. The summed E-state index contributed by atoms with van der Waals surface area (Å²) in [6, 6.07) is 31.5. The van der Waals surface area contributed by atoms with Crippen molar-refractivity contribution >= 4 is 84.6 Å². The summed E-state index contributed by atoms with van der Waals surface area (Å²) in [5.74, 6) is 0. The molecule has 7 rings (SSSR count). The van der Waals surface area contributed by atoms with Crippen molar-refractivity contribution in [1.29, 1.82) is 0 Å². The zero-order valence-corrected chi connectivity index (χ0v) is 16.5. The minimum Gasteiger partial charge on any atom is -0.135 e. The lowest BCUT2D eigenvalue weighted by Crippen LogP contribution is -1.73. The maximum atomic E-state index is 2.41. The SMILES string of the molecule is c1ccc2cc3c(cc2c1)sc1cc2c(cc13)sc1cc3ccccc3cc12. The van der Waals surface area contributed by atoms with Gasteiger partial charge in [0.1, 0.15) is 0 Å². The number of fused-ring (bicyclic) bond motifs is 8. The van der Waals surface area contributed by atoms with Crippen molar-refractivity contribution in [1.82, 2.24) is 0 Å². The lowest BCUT2D eigenvalue weighted by atomic mass is 10.0. The molecule has 0 N–H and O–H groups in total. The van der Waals surface area contributed by atoms with E-state index in [-0.39, 0.29) is 0 Å². The van der Waals surface area contributed by atoms with E-state index in [1.807, 2.05) is 22.7 Å². The Labute approximate surface area is 169 Å². The molecule has 0 fully saturated rings. The van der Waals surface area contributed by atoms with Crippen LogP contribution in [0.25, 0.3) is 61.9 Å². The lowest BCUT2D eigenvalue weighted by molar-refractivity contribution is 1.81. The molecule has 2 heterocycles. The predicted molar refractivity (Wildman–Crippen MR) is 127 cm³/mol. The van der Waals surface area contributed by atoms with Gasteiger partial charge in [-0.15, -0.1) is 22.7 Å². The molecule has 130 valence electrons. The average Bonchev–Trinajstić information content (AvgIpc) is 3.25. The molecule has 0 unspecified atom stereocenters. The van der Waals surface area contributed by atoms with Crippen LogP contribution in [0, 0.1) is 0 Å². The summed E-state index contributed by atoms with van der Waals surface area (Å²) in [5.41, 5.74) is 0. The van der Waals surface area contributed by atoms with E-state index in [4.69, 9.17) is 0 Å². The molecule has 0 nitrogen and oxygen atoms in total. The van der Waals surface area contributed by atoms with Gasteiger partial charge in [0, 0.05) is 40.3 Å². The van der Waals surface area contributed by atoms with Crippen molar-refractivity contribution in [2.45, 2.75) is 0 Å². The van der Waals surface area contributed by atoms with Gasteiger partial charge in [-0.25, -0.2) is 0 Å². The van der Waals surface area contributed by atoms with Crippen LogP contribution in [0.1, 0.15) is 0 Å². The largest absolute Gasteiger partial charge is 0.135 e. The number of benzene rings is 5. The summed E-state index contributed by atoms with van der Waals surface area (Å²) in [4.78, 5) is 0. The second-order valence-electron chi connectivity index (χ2n) is 7.44. The van der Waals surface area contributed by atoms with Gasteiger partial charge in [-0.3, -0.25) is 0 Å². The maximum Gasteiger partial charge on any atom is 0.0362 e. The second kappa shape index (κ2) is 5.32. The van der Waals surface area contributed by atoms with E-state index in [9.17, 15) is 0 Å². The van der Waals surface area contributed by atoms with Gasteiger partial charge in [0.05, 0.1) is 0 Å². The summed E-state index contributed by atoms with van der Waals surface area (Å²) in [6.45, 7) is 0. The van der Waals surface area contributed by atoms with Crippen molar-refractivity contribution in [2.75, 3.05) is 0 Å². The molecule has 0 atom stereocenters. The molecule has 0 saturated carbocycles. The van der Waals surface area contributed by atoms with Crippen LogP contribution in [0.2, 0.25) is 0 Å². The van der Waals surface area contributed by atoms with Gasteiger partial charge in [0.25, 0.3) is 0 Å². The van der Waals surface area contributed by atoms with E-state index in [1.54, 1.807) is 0 Å². The summed E-state index contributed by atoms with van der Waals surface area (Å²) < 4.78 is 5.51. The minimum absolute atomic E-state index is 1.32. The highest BCUT2D eigenvalue weighted by Crippen LogP contribution is 2.43. The molecule has 0 aliphatic carbocycles. The third-order valence-corrected chi connectivity index (χ3v) is 8.03. The molecule has 0 saturated heterocycles. The summed E-state index contributed by atoms with van der Waals surface area (Å²) in [5, 5.41) is 10.8. The fraction of sp³-hybridized carbons (Fsp3) is 0. The molecule has 7 aromatic rings. The molecule has 2 aromatic heterocycles. The molecular formula is C26H14S2. The van der Waals surface area contributed by atoms with E-state index >= 15 is 0 Å². The van der Waals surface area contributed by atoms with Crippen LogP contribution < -0.4 is 0 Å². The number of hydrogen-bond acceptors (Lipinski definition) is 2. The van der Waals surface area contributed by atoms with Crippen LogP contribution >= 0.6 is 22.7 Å². The Kier molecular flexibility index (Phi) is 2.85. The van der Waals surface area contributed by atoms with Gasteiger partial charge in [-0.2, -0.15) is 0 Å². The smallest absolute Gasteiger partial charge is 0.0362 e. The van der Waals surface area contributed by atoms with Crippen molar-refractivity contribution in [3.63, 3.8) is 0 Å². The van der Waals surface area contributed by atoms with Crippen LogP contribution in [0.5, 0.6) is 0 Å². The molecule has 0 amide bonds. The molecular weight excluding hydrogens is 376 g/mol. The Morgan fingerprint density at radius 3 is 1.11 bits per heavy atom. The lowest BCUT2D eigenvalue weighted by Gasteiger charge is -1.99. The minimum atomic E-state index is 1.32. The van der Waals surface area contributed by atoms with Gasteiger partial charge >= 0.3 is 0 Å². The highest BCUT2D eigenvalue weighted by molar-refractivity contribution is 7.27. The van der Waals surface area contributed by atoms with Gasteiger partial charge in [0.2, 0.25) is 0 Å². The summed E-state index contributed by atoms with van der Waals surface area (Å²) in [6.07, 6.45) is 0. The Morgan fingerprint density at radius 1 is 0.357 bits per heavy atom. The number of rotatable bonds is 0. The Morgan fingerprint density at radius 2 is 0.679 bits per heavy atom. The Hall–Kier alpha value is -2.94. The highest BCUT2D eigenvalue weighted by atomic mass is 32.1. The molecule has 0 bridgehead atoms. The molecule has 0 aliphatic heterocycles. The molecule has 0 spiro atoms. The van der Waals surface area contributed by atoms with Crippen molar-refractivity contribution in [3.05, 3.63) is 84.9 Å². The first kappa shape index (κ1) is 15.0.